The quantitative estimate of drug-likeness (QED) is 0.448. The molecule has 2 aliphatic carbocycles. The van der Waals surface area contributed by atoms with E-state index in [1.807, 2.05) is 18.2 Å². The summed E-state index contributed by atoms with van der Waals surface area (Å²) in [4.78, 5) is 35.1. The summed E-state index contributed by atoms with van der Waals surface area (Å²) in [5.74, 6) is -0.106. The van der Waals surface area contributed by atoms with E-state index in [4.69, 9.17) is 14.4 Å². The van der Waals surface area contributed by atoms with Crippen LogP contribution in [0.1, 0.15) is 61.3 Å². The second-order valence-corrected chi connectivity index (χ2v) is 9.75. The number of rotatable bonds is 2. The molecule has 0 spiro atoms. The van der Waals surface area contributed by atoms with Gasteiger partial charge in [-0.15, -0.1) is 0 Å². The fraction of sp³-hybridized carbons (Fsp3) is 0.308. The van der Waals surface area contributed by atoms with E-state index in [-0.39, 0.29) is 16.4 Å². The molecular formula is C26H23N3O3. The summed E-state index contributed by atoms with van der Waals surface area (Å²) in [6.45, 7) is 6.95. The standard InChI is InChI=1S/C26H23N3O3/c1-25(2)17-10-11-26(25,3)22-21(17)28-19-13-15(8-9-18(19)29-22)27-23(30)16-12-14-6-4-5-7-20(14)32-24(16)31/h4-9,12-13,17H,10-11H2,1-3H3,(H,27,30). The second-order valence-electron chi connectivity index (χ2n) is 9.75. The van der Waals surface area contributed by atoms with Crippen molar-refractivity contribution in [3.05, 3.63) is 75.9 Å². The zero-order valence-electron chi connectivity index (χ0n) is 18.2. The van der Waals surface area contributed by atoms with Gasteiger partial charge in [-0.1, -0.05) is 39.0 Å². The minimum Gasteiger partial charge on any atom is -0.422 e. The molecular weight excluding hydrogens is 402 g/mol. The molecule has 1 amide bonds. The number of aromatic nitrogens is 2. The first-order valence-corrected chi connectivity index (χ1v) is 10.9. The third kappa shape index (κ3) is 2.46. The molecule has 2 heterocycles. The molecule has 2 aromatic heterocycles. The summed E-state index contributed by atoms with van der Waals surface area (Å²) in [6, 6.07) is 14.2. The van der Waals surface area contributed by atoms with Gasteiger partial charge in [0.1, 0.15) is 11.1 Å². The van der Waals surface area contributed by atoms with Crippen LogP contribution in [0.4, 0.5) is 5.69 Å². The number of para-hydroxylation sites is 1. The van der Waals surface area contributed by atoms with E-state index in [1.54, 1.807) is 30.3 Å². The number of nitrogens with one attached hydrogen (secondary N) is 1. The Morgan fingerprint density at radius 2 is 1.88 bits per heavy atom. The van der Waals surface area contributed by atoms with Gasteiger partial charge in [-0.3, -0.25) is 4.79 Å². The molecule has 2 aromatic carbocycles. The fourth-order valence-electron chi connectivity index (χ4n) is 5.62. The van der Waals surface area contributed by atoms with Crippen LogP contribution >= 0.6 is 0 Å². The fourth-order valence-corrected chi connectivity index (χ4v) is 5.62. The highest BCUT2D eigenvalue weighted by Crippen LogP contribution is 2.66. The summed E-state index contributed by atoms with van der Waals surface area (Å²) >= 11 is 0. The molecule has 32 heavy (non-hydrogen) atoms. The maximum absolute atomic E-state index is 12.8. The van der Waals surface area contributed by atoms with Crippen LogP contribution in [0.15, 0.2) is 57.7 Å². The Morgan fingerprint density at radius 1 is 1.06 bits per heavy atom. The van der Waals surface area contributed by atoms with Crippen molar-refractivity contribution in [2.75, 3.05) is 5.32 Å². The van der Waals surface area contributed by atoms with Gasteiger partial charge in [-0.05, 0) is 48.6 Å². The first-order chi connectivity index (χ1) is 15.3. The van der Waals surface area contributed by atoms with Crippen LogP contribution < -0.4 is 10.9 Å². The van der Waals surface area contributed by atoms with Crippen LogP contribution in [-0.2, 0) is 5.41 Å². The summed E-state index contributed by atoms with van der Waals surface area (Å²) in [5.41, 5.74) is 4.29. The Balaban J connectivity index is 1.37. The molecule has 6 rings (SSSR count). The van der Waals surface area contributed by atoms with Gasteiger partial charge in [0.2, 0.25) is 0 Å². The minimum absolute atomic E-state index is 0.0316. The first-order valence-electron chi connectivity index (χ1n) is 10.9. The highest BCUT2D eigenvalue weighted by molar-refractivity contribution is 6.06. The lowest BCUT2D eigenvalue weighted by Gasteiger charge is -2.34. The highest BCUT2D eigenvalue weighted by atomic mass is 16.4. The predicted octanol–water partition coefficient (Wildman–Crippen LogP) is 5.16. The number of benzene rings is 2. The Kier molecular flexibility index (Phi) is 3.74. The van der Waals surface area contributed by atoms with Crippen molar-refractivity contribution in [2.24, 2.45) is 5.41 Å². The van der Waals surface area contributed by atoms with Crippen molar-refractivity contribution in [1.82, 2.24) is 9.97 Å². The molecule has 160 valence electrons. The molecule has 0 saturated heterocycles. The van der Waals surface area contributed by atoms with Gasteiger partial charge in [0.15, 0.2) is 0 Å². The molecule has 6 heteroatoms. The first kappa shape index (κ1) is 19.2. The van der Waals surface area contributed by atoms with Crippen molar-refractivity contribution < 1.29 is 9.21 Å². The number of hydrogen-bond acceptors (Lipinski definition) is 5. The normalized spacial score (nSPS) is 22.9. The molecule has 2 atom stereocenters. The van der Waals surface area contributed by atoms with E-state index in [1.165, 1.54) is 0 Å². The van der Waals surface area contributed by atoms with Crippen LogP contribution in [0.2, 0.25) is 0 Å². The van der Waals surface area contributed by atoms with E-state index >= 15 is 0 Å². The Bertz CT molecular complexity index is 1500. The Morgan fingerprint density at radius 3 is 2.72 bits per heavy atom. The SMILES string of the molecule is CC12CCC(c3nc4cc(NC(=O)c5cc6ccccc6oc5=O)ccc4nc31)C2(C)C. The average molecular weight is 425 g/mol. The van der Waals surface area contributed by atoms with E-state index in [0.29, 0.717) is 22.6 Å². The molecule has 0 radical (unpaired) electrons. The second kappa shape index (κ2) is 6.25. The summed E-state index contributed by atoms with van der Waals surface area (Å²) < 4.78 is 5.29. The van der Waals surface area contributed by atoms with E-state index in [9.17, 15) is 9.59 Å². The zero-order chi connectivity index (χ0) is 22.3. The highest BCUT2D eigenvalue weighted by Gasteiger charge is 2.61. The number of carbonyl (C=O) groups is 1. The number of amides is 1. The summed E-state index contributed by atoms with van der Waals surface area (Å²) in [6.07, 6.45) is 2.27. The minimum atomic E-state index is -0.661. The maximum atomic E-state index is 12.8. The lowest BCUT2D eigenvalue weighted by Crippen LogP contribution is -2.31. The van der Waals surface area contributed by atoms with Crippen LogP contribution in [-0.4, -0.2) is 15.9 Å². The Hall–Kier alpha value is -3.54. The molecule has 2 aliphatic rings. The third-order valence-electron chi connectivity index (χ3n) is 7.91. The monoisotopic (exact) mass is 425 g/mol. The molecule has 4 aromatic rings. The van der Waals surface area contributed by atoms with Crippen LogP contribution in [0.25, 0.3) is 22.0 Å². The van der Waals surface area contributed by atoms with Gasteiger partial charge in [-0.25, -0.2) is 14.8 Å². The molecule has 1 fully saturated rings. The molecule has 6 nitrogen and oxygen atoms in total. The predicted molar refractivity (Wildman–Crippen MR) is 123 cm³/mol. The number of fused-ring (bicyclic) bond motifs is 7. The number of hydrogen-bond donors (Lipinski definition) is 1. The van der Waals surface area contributed by atoms with Gasteiger partial charge < -0.3 is 9.73 Å². The largest absolute Gasteiger partial charge is 0.422 e. The number of nitrogens with zero attached hydrogens (tertiary/aromatic N) is 2. The maximum Gasteiger partial charge on any atom is 0.349 e. The van der Waals surface area contributed by atoms with E-state index < -0.39 is 11.5 Å². The molecule has 0 aliphatic heterocycles. The average Bonchev–Trinajstić information content (AvgIpc) is 3.09. The lowest BCUT2D eigenvalue weighted by molar-refractivity contribution is 0.102. The van der Waals surface area contributed by atoms with Gasteiger partial charge in [0.05, 0.1) is 22.4 Å². The van der Waals surface area contributed by atoms with Crippen molar-refractivity contribution >= 4 is 33.6 Å². The van der Waals surface area contributed by atoms with Crippen LogP contribution in [0, 0.1) is 5.41 Å². The lowest BCUT2D eigenvalue weighted by atomic mass is 9.70. The number of anilines is 1. The molecule has 1 N–H and O–H groups in total. The third-order valence-corrected chi connectivity index (χ3v) is 7.91. The van der Waals surface area contributed by atoms with E-state index in [0.717, 1.165) is 35.3 Å². The molecule has 2 unspecified atom stereocenters. The smallest absolute Gasteiger partial charge is 0.349 e. The van der Waals surface area contributed by atoms with Crippen molar-refractivity contribution in [1.29, 1.82) is 0 Å². The topological polar surface area (TPSA) is 85.1 Å². The van der Waals surface area contributed by atoms with Gasteiger partial charge >= 0.3 is 5.63 Å². The van der Waals surface area contributed by atoms with Crippen molar-refractivity contribution in [3.63, 3.8) is 0 Å². The van der Waals surface area contributed by atoms with Crippen molar-refractivity contribution in [3.8, 4) is 0 Å². The summed E-state index contributed by atoms with van der Waals surface area (Å²) in [7, 11) is 0. The zero-order valence-corrected chi connectivity index (χ0v) is 18.2. The van der Waals surface area contributed by atoms with Gasteiger partial charge in [0, 0.05) is 22.4 Å². The molecule has 2 bridgehead atoms. The van der Waals surface area contributed by atoms with Crippen molar-refractivity contribution in [2.45, 2.75) is 44.9 Å². The van der Waals surface area contributed by atoms with E-state index in [2.05, 4.69) is 26.1 Å². The Labute approximate surface area is 184 Å². The molecule has 1 saturated carbocycles. The van der Waals surface area contributed by atoms with Crippen LogP contribution in [0.3, 0.4) is 0 Å². The van der Waals surface area contributed by atoms with Gasteiger partial charge in [-0.2, -0.15) is 0 Å². The number of carbonyl (C=O) groups excluding carboxylic acids is 1. The summed E-state index contributed by atoms with van der Waals surface area (Å²) in [5, 5.41) is 3.51. The van der Waals surface area contributed by atoms with Crippen LogP contribution in [0.5, 0.6) is 0 Å². The van der Waals surface area contributed by atoms with Gasteiger partial charge in [0.25, 0.3) is 5.91 Å².